The summed E-state index contributed by atoms with van der Waals surface area (Å²) in [6.07, 6.45) is -2.93. The van der Waals surface area contributed by atoms with Crippen LogP contribution in [0.4, 0.5) is 29.5 Å². The Bertz CT molecular complexity index is 1260. The van der Waals surface area contributed by atoms with Crippen LogP contribution in [0.5, 0.6) is 0 Å². The van der Waals surface area contributed by atoms with Crippen LogP contribution in [0.25, 0.3) is 0 Å². The molecule has 2 aromatic carbocycles. The molecule has 2 heterocycles. The van der Waals surface area contributed by atoms with Crippen LogP contribution in [0.1, 0.15) is 11.1 Å². The van der Waals surface area contributed by atoms with Crippen molar-refractivity contribution in [3.63, 3.8) is 0 Å². The fourth-order valence-electron chi connectivity index (χ4n) is 4.06. The summed E-state index contributed by atoms with van der Waals surface area (Å²) in [5, 5.41) is 0. The molecular weight excluding hydrogens is 495 g/mol. The highest BCUT2D eigenvalue weighted by Crippen LogP contribution is 2.26. The summed E-state index contributed by atoms with van der Waals surface area (Å²) in [7, 11) is 1.34. The minimum atomic E-state index is -4.69. The van der Waals surface area contributed by atoms with E-state index < -0.39 is 11.9 Å². The van der Waals surface area contributed by atoms with Gasteiger partial charge < -0.3 is 14.5 Å². The first-order valence-electron chi connectivity index (χ1n) is 12.0. The van der Waals surface area contributed by atoms with Gasteiger partial charge in [0.05, 0.1) is 6.54 Å². The number of hydrogen-bond acceptors (Lipinski definition) is 5. The summed E-state index contributed by atoms with van der Waals surface area (Å²) in [6.45, 7) is 5.65. The maximum atomic E-state index is 13.6. The number of para-hydroxylation sites is 1. The molecule has 0 aliphatic carbocycles. The maximum Gasteiger partial charge on any atom is 0.448 e. The van der Waals surface area contributed by atoms with Gasteiger partial charge in [-0.1, -0.05) is 43.0 Å². The fourth-order valence-corrected chi connectivity index (χ4v) is 4.06. The quantitative estimate of drug-likeness (QED) is 0.243. The largest absolute Gasteiger partial charge is 0.448 e. The number of pyridine rings is 1. The first kappa shape index (κ1) is 26.7. The van der Waals surface area contributed by atoms with Crippen LogP contribution >= 0.6 is 0 Å². The number of nitrogens with zero attached hydrogens (tertiary/aromatic N) is 5. The van der Waals surface area contributed by atoms with E-state index in [1.54, 1.807) is 35.4 Å². The number of aromatic nitrogens is 1. The molecule has 0 spiro atoms. The number of ether oxygens (including phenoxy) is 1. The lowest BCUT2D eigenvalue weighted by atomic mass is 10.1. The van der Waals surface area contributed by atoms with E-state index in [2.05, 4.69) is 21.5 Å². The van der Waals surface area contributed by atoms with Crippen molar-refractivity contribution < 1.29 is 22.7 Å². The average Bonchev–Trinajstić information content (AvgIpc) is 2.95. The second kappa shape index (κ2) is 11.8. The molecule has 0 bridgehead atoms. The molecule has 0 atom stereocenters. The van der Waals surface area contributed by atoms with Gasteiger partial charge in [-0.15, -0.1) is 0 Å². The normalized spacial score (nSPS) is 14.3. The van der Waals surface area contributed by atoms with Crippen LogP contribution in [-0.4, -0.2) is 61.2 Å². The van der Waals surface area contributed by atoms with E-state index >= 15 is 0 Å². The van der Waals surface area contributed by atoms with Gasteiger partial charge in [0.15, 0.2) is 0 Å². The summed E-state index contributed by atoms with van der Waals surface area (Å²) in [4.78, 5) is 27.5. The smallest absolute Gasteiger partial charge is 0.434 e. The number of aliphatic imine (C=N–C) groups is 1. The Morgan fingerprint density at radius 3 is 2.24 bits per heavy atom. The van der Waals surface area contributed by atoms with Gasteiger partial charge in [0.1, 0.15) is 5.82 Å². The van der Waals surface area contributed by atoms with Crippen molar-refractivity contribution in [3.8, 4) is 0 Å². The number of urea groups is 1. The summed E-state index contributed by atoms with van der Waals surface area (Å²) in [6, 6.07) is 21.7. The number of allylic oxidation sites excluding steroid dienone is 1. The SMILES string of the molecule is C=C(OC(=NC)c1ccc(CN(C(=O)N2CCN(c3ccccn3)CC2)c2ccccc2)cc1)C(F)(F)F. The number of amides is 2. The second-order valence-electron chi connectivity index (χ2n) is 8.61. The molecule has 2 amide bonds. The van der Waals surface area contributed by atoms with Crippen LogP contribution in [0.3, 0.4) is 0 Å². The molecule has 0 saturated carbocycles. The number of rotatable bonds is 6. The second-order valence-corrected chi connectivity index (χ2v) is 8.61. The minimum absolute atomic E-state index is 0.124. The zero-order valence-corrected chi connectivity index (χ0v) is 20.9. The van der Waals surface area contributed by atoms with E-state index in [-0.39, 0.29) is 18.5 Å². The highest BCUT2D eigenvalue weighted by atomic mass is 19.4. The van der Waals surface area contributed by atoms with E-state index in [1.807, 2.05) is 53.4 Å². The van der Waals surface area contributed by atoms with Crippen molar-refractivity contribution in [2.75, 3.05) is 43.0 Å². The Labute approximate surface area is 219 Å². The maximum absolute atomic E-state index is 13.6. The highest BCUT2D eigenvalue weighted by Gasteiger charge is 2.35. The predicted octanol–water partition coefficient (Wildman–Crippen LogP) is 5.50. The molecule has 4 rings (SSSR count). The molecule has 0 unspecified atom stereocenters. The molecule has 1 aliphatic rings. The number of anilines is 2. The third-order valence-corrected chi connectivity index (χ3v) is 6.10. The minimum Gasteiger partial charge on any atom is -0.434 e. The molecule has 0 N–H and O–H groups in total. The Morgan fingerprint density at radius 1 is 1.00 bits per heavy atom. The highest BCUT2D eigenvalue weighted by molar-refractivity contribution is 5.95. The molecule has 0 radical (unpaired) electrons. The third kappa shape index (κ3) is 6.50. The first-order valence-corrected chi connectivity index (χ1v) is 12.0. The molecule has 1 aromatic heterocycles. The molecule has 3 aromatic rings. The number of piperazine rings is 1. The van der Waals surface area contributed by atoms with Crippen molar-refractivity contribution in [2.45, 2.75) is 12.7 Å². The van der Waals surface area contributed by atoms with Crippen LogP contribution in [0.2, 0.25) is 0 Å². The van der Waals surface area contributed by atoms with E-state index in [0.717, 1.165) is 17.1 Å². The van der Waals surface area contributed by atoms with Crippen molar-refractivity contribution in [2.24, 2.45) is 4.99 Å². The van der Waals surface area contributed by atoms with Crippen molar-refractivity contribution >= 4 is 23.4 Å². The summed E-state index contributed by atoms with van der Waals surface area (Å²) in [5.74, 6) is -0.649. The lowest BCUT2D eigenvalue weighted by Crippen LogP contribution is -2.53. The van der Waals surface area contributed by atoms with Gasteiger partial charge in [0.25, 0.3) is 0 Å². The average molecular weight is 524 g/mol. The van der Waals surface area contributed by atoms with E-state index in [4.69, 9.17) is 4.74 Å². The molecule has 1 saturated heterocycles. The number of carbonyl (C=O) groups excluding carboxylic acids is 1. The van der Waals surface area contributed by atoms with Gasteiger partial charge in [0, 0.05) is 50.7 Å². The molecule has 38 heavy (non-hydrogen) atoms. The Balaban J connectivity index is 1.47. The molecule has 1 fully saturated rings. The van der Waals surface area contributed by atoms with E-state index in [1.165, 1.54) is 7.05 Å². The fraction of sp³-hybridized carbons (Fsp3) is 0.250. The molecule has 10 heteroatoms. The van der Waals surface area contributed by atoms with E-state index in [9.17, 15) is 18.0 Å². The number of hydrogen-bond donors (Lipinski definition) is 0. The summed E-state index contributed by atoms with van der Waals surface area (Å²) in [5.41, 5.74) is 1.91. The topological polar surface area (TPSA) is 61.3 Å². The zero-order valence-electron chi connectivity index (χ0n) is 20.9. The molecule has 7 nitrogen and oxygen atoms in total. The van der Waals surface area contributed by atoms with Crippen LogP contribution in [0.15, 0.2) is 96.3 Å². The Hall–Kier alpha value is -4.34. The first-order chi connectivity index (χ1) is 18.3. The third-order valence-electron chi connectivity index (χ3n) is 6.10. The molecular formula is C28H28F3N5O2. The predicted molar refractivity (Wildman–Crippen MR) is 141 cm³/mol. The number of carbonyl (C=O) groups is 1. The monoisotopic (exact) mass is 523 g/mol. The van der Waals surface area contributed by atoms with Gasteiger partial charge in [-0.3, -0.25) is 9.89 Å². The van der Waals surface area contributed by atoms with Gasteiger partial charge in [-0.05, 0) is 42.0 Å². The van der Waals surface area contributed by atoms with Gasteiger partial charge in [0.2, 0.25) is 11.7 Å². The number of halogens is 3. The van der Waals surface area contributed by atoms with Crippen LogP contribution in [0, 0.1) is 0 Å². The Morgan fingerprint density at radius 2 is 1.66 bits per heavy atom. The lowest BCUT2D eigenvalue weighted by Gasteiger charge is -2.38. The summed E-state index contributed by atoms with van der Waals surface area (Å²) < 4.78 is 43.4. The van der Waals surface area contributed by atoms with Gasteiger partial charge in [-0.2, -0.15) is 13.2 Å². The number of benzene rings is 2. The van der Waals surface area contributed by atoms with Crippen molar-refractivity contribution in [1.29, 1.82) is 0 Å². The van der Waals surface area contributed by atoms with Gasteiger partial charge >= 0.3 is 12.2 Å². The molecule has 198 valence electrons. The van der Waals surface area contributed by atoms with Crippen molar-refractivity contribution in [1.82, 2.24) is 9.88 Å². The molecule has 1 aliphatic heterocycles. The lowest BCUT2D eigenvalue weighted by molar-refractivity contribution is -0.117. The Kier molecular flexibility index (Phi) is 8.30. The van der Waals surface area contributed by atoms with Crippen LogP contribution in [-0.2, 0) is 11.3 Å². The number of alkyl halides is 3. The summed E-state index contributed by atoms with van der Waals surface area (Å²) >= 11 is 0. The van der Waals surface area contributed by atoms with Gasteiger partial charge in [-0.25, -0.2) is 9.78 Å². The zero-order chi connectivity index (χ0) is 27.1. The standard InChI is InChI=1S/C28H28F3N5O2/c1-21(28(29,30)31)38-26(32-2)23-13-11-22(12-14-23)20-36(24-8-4-3-5-9-24)27(37)35-18-16-34(17-19-35)25-10-6-7-15-33-25/h3-15H,1,16-20H2,2H3. The van der Waals surface area contributed by atoms with Crippen LogP contribution < -0.4 is 9.80 Å². The van der Waals surface area contributed by atoms with Crippen molar-refractivity contribution in [3.05, 3.63) is 102 Å². The van der Waals surface area contributed by atoms with E-state index in [0.29, 0.717) is 31.7 Å².